The molecule has 1 unspecified atom stereocenters. The third kappa shape index (κ3) is 4.27. The van der Waals surface area contributed by atoms with E-state index in [0.29, 0.717) is 18.2 Å². The fraction of sp³-hybridized carbons (Fsp3) is 0.571. The number of piperidine rings is 1. The van der Waals surface area contributed by atoms with E-state index in [1.54, 1.807) is 6.08 Å². The zero-order chi connectivity index (χ0) is 18.6. The Balaban J connectivity index is 1.57. The van der Waals surface area contributed by atoms with Crippen LogP contribution in [-0.4, -0.2) is 67.7 Å². The summed E-state index contributed by atoms with van der Waals surface area (Å²) in [4.78, 5) is 17.0. The van der Waals surface area contributed by atoms with Gasteiger partial charge in [0.1, 0.15) is 12.4 Å². The molecule has 0 bridgehead atoms. The lowest BCUT2D eigenvalue weighted by Gasteiger charge is -2.47. The Morgan fingerprint density at radius 3 is 2.65 bits per heavy atom. The highest BCUT2D eigenvalue weighted by Crippen LogP contribution is 2.36. The largest absolute Gasteiger partial charge is 0.490 e. The highest BCUT2D eigenvalue weighted by Gasteiger charge is 2.41. The number of rotatable bonds is 5. The number of likely N-dealkylation sites (tertiary alicyclic amines) is 1. The molecular formula is C21H30N2O3. The molecule has 2 fully saturated rings. The van der Waals surface area contributed by atoms with Crippen LogP contribution in [0.15, 0.2) is 36.9 Å². The molecule has 1 atom stereocenters. The van der Waals surface area contributed by atoms with Gasteiger partial charge in [-0.3, -0.25) is 4.79 Å². The molecule has 2 saturated heterocycles. The summed E-state index contributed by atoms with van der Waals surface area (Å²) >= 11 is 0. The van der Waals surface area contributed by atoms with Crippen molar-refractivity contribution in [1.82, 2.24) is 9.80 Å². The molecule has 2 aliphatic rings. The van der Waals surface area contributed by atoms with Gasteiger partial charge >= 0.3 is 0 Å². The number of carbonyl (C=O) groups excluding carboxylic acids is 1. The third-order valence-corrected chi connectivity index (χ3v) is 5.63. The van der Waals surface area contributed by atoms with Gasteiger partial charge in [0.05, 0.1) is 5.60 Å². The van der Waals surface area contributed by atoms with Crippen LogP contribution >= 0.6 is 0 Å². The van der Waals surface area contributed by atoms with Crippen molar-refractivity contribution in [2.24, 2.45) is 0 Å². The minimum atomic E-state index is -0.0493. The van der Waals surface area contributed by atoms with Crippen LogP contribution in [-0.2, 0) is 4.74 Å². The van der Waals surface area contributed by atoms with Gasteiger partial charge in [0.25, 0.3) is 5.91 Å². The molecule has 5 heteroatoms. The van der Waals surface area contributed by atoms with Crippen LogP contribution in [0, 0.1) is 0 Å². The number of nitrogens with zero attached hydrogens (tertiary/aromatic N) is 2. The number of benzene rings is 1. The summed E-state index contributed by atoms with van der Waals surface area (Å²) in [6.45, 7) is 6.44. The molecule has 0 aromatic heterocycles. The average molecular weight is 358 g/mol. The topological polar surface area (TPSA) is 42.0 Å². The first-order valence-corrected chi connectivity index (χ1v) is 9.46. The van der Waals surface area contributed by atoms with Crippen LogP contribution in [0.3, 0.4) is 0 Å². The molecule has 0 saturated carbocycles. The van der Waals surface area contributed by atoms with Gasteiger partial charge in [0.2, 0.25) is 0 Å². The van der Waals surface area contributed by atoms with E-state index in [9.17, 15) is 4.79 Å². The van der Waals surface area contributed by atoms with Gasteiger partial charge < -0.3 is 19.3 Å². The van der Waals surface area contributed by atoms with E-state index in [1.165, 1.54) is 0 Å². The third-order valence-electron chi connectivity index (χ3n) is 5.63. The first-order valence-electron chi connectivity index (χ1n) is 9.46. The Hall–Kier alpha value is -1.85. The molecule has 0 N–H and O–H groups in total. The predicted octanol–water partition coefficient (Wildman–Crippen LogP) is 2.97. The van der Waals surface area contributed by atoms with E-state index < -0.39 is 0 Å². The Morgan fingerprint density at radius 1 is 1.35 bits per heavy atom. The van der Waals surface area contributed by atoms with E-state index in [-0.39, 0.29) is 11.5 Å². The number of amides is 1. The van der Waals surface area contributed by atoms with Gasteiger partial charge in [-0.2, -0.15) is 0 Å². The van der Waals surface area contributed by atoms with Crippen LogP contribution in [0.4, 0.5) is 0 Å². The molecule has 0 aliphatic carbocycles. The number of carbonyl (C=O) groups is 1. The molecule has 2 aliphatic heterocycles. The van der Waals surface area contributed by atoms with Gasteiger partial charge in [-0.25, -0.2) is 0 Å². The maximum Gasteiger partial charge on any atom is 0.253 e. The fourth-order valence-electron chi connectivity index (χ4n) is 3.94. The molecule has 5 nitrogen and oxygen atoms in total. The van der Waals surface area contributed by atoms with E-state index in [1.807, 2.05) is 29.2 Å². The molecular weight excluding hydrogens is 328 g/mol. The fourth-order valence-corrected chi connectivity index (χ4v) is 3.94. The zero-order valence-electron chi connectivity index (χ0n) is 15.9. The second-order valence-electron chi connectivity index (χ2n) is 7.56. The highest BCUT2D eigenvalue weighted by molar-refractivity contribution is 5.94. The summed E-state index contributed by atoms with van der Waals surface area (Å²) in [6.07, 6.45) is 5.71. The number of hydrogen-bond donors (Lipinski definition) is 0. The minimum absolute atomic E-state index is 0.0493. The number of ether oxygens (including phenoxy) is 2. The zero-order valence-corrected chi connectivity index (χ0v) is 15.9. The number of hydrogen-bond acceptors (Lipinski definition) is 4. The van der Waals surface area contributed by atoms with Crippen molar-refractivity contribution in [3.8, 4) is 5.75 Å². The summed E-state index contributed by atoms with van der Waals surface area (Å²) in [7, 11) is 4.29. The quantitative estimate of drug-likeness (QED) is 0.759. The Morgan fingerprint density at radius 2 is 2.04 bits per heavy atom. The first kappa shape index (κ1) is 18.9. The molecule has 1 spiro atoms. The molecule has 0 radical (unpaired) electrons. The van der Waals surface area contributed by atoms with Gasteiger partial charge in [0, 0.05) is 31.3 Å². The summed E-state index contributed by atoms with van der Waals surface area (Å²) in [5, 5.41) is 0. The van der Waals surface area contributed by atoms with Crippen LogP contribution in [0.2, 0.25) is 0 Å². The summed E-state index contributed by atoms with van der Waals surface area (Å²) in [6, 6.07) is 7.94. The molecule has 1 amide bonds. The summed E-state index contributed by atoms with van der Waals surface area (Å²) in [5.74, 6) is 0.847. The van der Waals surface area contributed by atoms with Crippen molar-refractivity contribution in [3.63, 3.8) is 0 Å². The monoisotopic (exact) mass is 358 g/mol. The molecule has 1 aromatic rings. The summed E-state index contributed by atoms with van der Waals surface area (Å²) < 4.78 is 11.7. The molecule has 3 rings (SSSR count). The van der Waals surface area contributed by atoms with Crippen LogP contribution in [0.5, 0.6) is 5.75 Å². The molecule has 1 aromatic carbocycles. The second kappa shape index (κ2) is 8.23. The van der Waals surface area contributed by atoms with Crippen LogP contribution in [0.25, 0.3) is 0 Å². The SMILES string of the molecule is C=CCOc1ccc(C(=O)N2CCC3(CC2)CC(N(C)C)CCO3)cc1. The van der Waals surface area contributed by atoms with Crippen molar-refractivity contribution in [2.45, 2.75) is 37.3 Å². The Kier molecular flexibility index (Phi) is 5.99. The van der Waals surface area contributed by atoms with Crippen molar-refractivity contribution in [1.29, 1.82) is 0 Å². The first-order chi connectivity index (χ1) is 12.5. The van der Waals surface area contributed by atoms with Crippen molar-refractivity contribution >= 4 is 5.91 Å². The second-order valence-corrected chi connectivity index (χ2v) is 7.56. The van der Waals surface area contributed by atoms with Gasteiger partial charge in [-0.15, -0.1) is 0 Å². The molecule has 2 heterocycles. The molecule has 26 heavy (non-hydrogen) atoms. The highest BCUT2D eigenvalue weighted by atomic mass is 16.5. The lowest BCUT2D eigenvalue weighted by molar-refractivity contribution is -0.125. The van der Waals surface area contributed by atoms with Crippen molar-refractivity contribution < 1.29 is 14.3 Å². The van der Waals surface area contributed by atoms with Crippen LogP contribution in [0.1, 0.15) is 36.0 Å². The predicted molar refractivity (Wildman–Crippen MR) is 103 cm³/mol. The van der Waals surface area contributed by atoms with Crippen LogP contribution < -0.4 is 4.74 Å². The van der Waals surface area contributed by atoms with E-state index >= 15 is 0 Å². The Bertz CT molecular complexity index is 619. The normalized spacial score (nSPS) is 22.4. The lowest BCUT2D eigenvalue weighted by Crippen LogP contribution is -2.53. The lowest BCUT2D eigenvalue weighted by atomic mass is 9.82. The maximum absolute atomic E-state index is 12.8. The van der Waals surface area contributed by atoms with E-state index in [0.717, 1.165) is 51.1 Å². The minimum Gasteiger partial charge on any atom is -0.490 e. The van der Waals surface area contributed by atoms with Crippen molar-refractivity contribution in [3.05, 3.63) is 42.5 Å². The average Bonchev–Trinajstić information content (AvgIpc) is 2.67. The van der Waals surface area contributed by atoms with Crippen molar-refractivity contribution in [2.75, 3.05) is 40.4 Å². The standard InChI is InChI=1S/C21H30N2O3/c1-4-14-25-19-7-5-17(6-8-19)20(24)23-12-10-21(11-13-23)16-18(22(2)3)9-15-26-21/h4-8,18H,1,9-16H2,2-3H3. The van der Waals surface area contributed by atoms with Gasteiger partial charge in [-0.05, 0) is 64.0 Å². The van der Waals surface area contributed by atoms with Gasteiger partial charge in [-0.1, -0.05) is 12.7 Å². The van der Waals surface area contributed by atoms with E-state index in [4.69, 9.17) is 9.47 Å². The molecule has 142 valence electrons. The summed E-state index contributed by atoms with van der Waals surface area (Å²) in [5.41, 5.74) is 0.662. The maximum atomic E-state index is 12.8. The van der Waals surface area contributed by atoms with Gasteiger partial charge in [0.15, 0.2) is 0 Å². The smallest absolute Gasteiger partial charge is 0.253 e. The van der Waals surface area contributed by atoms with E-state index in [2.05, 4.69) is 25.6 Å². The Labute approximate surface area is 156 Å².